The number of rotatable bonds is 6. The summed E-state index contributed by atoms with van der Waals surface area (Å²) in [5.74, 6) is 1.21. The highest BCUT2D eigenvalue weighted by Gasteiger charge is 1.99. The molecule has 1 heterocycles. The molecule has 0 aliphatic carbocycles. The smallest absolute Gasteiger partial charge is 0.222 e. The summed E-state index contributed by atoms with van der Waals surface area (Å²) < 4.78 is 0. The molecule has 0 bridgehead atoms. The van der Waals surface area contributed by atoms with Crippen molar-refractivity contribution < 1.29 is 0 Å². The van der Waals surface area contributed by atoms with Crippen LogP contribution in [0.5, 0.6) is 0 Å². The van der Waals surface area contributed by atoms with Crippen LogP contribution in [0, 0.1) is 5.92 Å². The van der Waals surface area contributed by atoms with Crippen molar-refractivity contribution in [3.8, 4) is 0 Å². The Morgan fingerprint density at radius 1 is 1.47 bits per heavy atom. The van der Waals surface area contributed by atoms with Crippen molar-refractivity contribution in [1.29, 1.82) is 0 Å². The van der Waals surface area contributed by atoms with E-state index in [-0.39, 0.29) is 0 Å². The molecule has 1 aromatic rings. The number of nitrogens with one attached hydrogen (secondary N) is 1. The van der Waals surface area contributed by atoms with E-state index in [4.69, 9.17) is 17.3 Å². The molecule has 3 N–H and O–H groups in total. The predicted molar refractivity (Wildman–Crippen MR) is 63.0 cm³/mol. The van der Waals surface area contributed by atoms with E-state index in [0.29, 0.717) is 16.9 Å². The minimum atomic E-state index is 0.553. The van der Waals surface area contributed by atoms with Crippen LogP contribution in [0.2, 0.25) is 5.02 Å². The highest BCUT2D eigenvalue weighted by Crippen LogP contribution is 2.06. The van der Waals surface area contributed by atoms with Gasteiger partial charge in [-0.25, -0.2) is 9.97 Å². The Hall–Kier alpha value is -0.870. The van der Waals surface area contributed by atoms with E-state index in [1.165, 1.54) is 0 Å². The van der Waals surface area contributed by atoms with Gasteiger partial charge in [0, 0.05) is 6.54 Å². The summed E-state index contributed by atoms with van der Waals surface area (Å²) in [5, 5.41) is 3.68. The fraction of sp³-hybridized carbons (Fsp3) is 0.600. The van der Waals surface area contributed by atoms with Gasteiger partial charge < -0.3 is 11.1 Å². The van der Waals surface area contributed by atoms with E-state index in [9.17, 15) is 0 Å². The van der Waals surface area contributed by atoms with E-state index in [2.05, 4.69) is 22.2 Å². The number of nitrogens with zero attached hydrogens (tertiary/aromatic N) is 2. The average molecular weight is 229 g/mol. The molecule has 0 radical (unpaired) electrons. The summed E-state index contributed by atoms with van der Waals surface area (Å²) in [5.41, 5.74) is 5.52. The van der Waals surface area contributed by atoms with Crippen LogP contribution < -0.4 is 11.1 Å². The van der Waals surface area contributed by atoms with Gasteiger partial charge in [-0.05, 0) is 25.3 Å². The summed E-state index contributed by atoms with van der Waals surface area (Å²) >= 11 is 5.67. The van der Waals surface area contributed by atoms with E-state index in [1.807, 2.05) is 0 Å². The lowest BCUT2D eigenvalue weighted by Crippen LogP contribution is -2.12. The van der Waals surface area contributed by atoms with Crippen LogP contribution in [0.25, 0.3) is 0 Å². The van der Waals surface area contributed by atoms with E-state index in [1.54, 1.807) is 12.4 Å². The highest BCUT2D eigenvalue weighted by molar-refractivity contribution is 6.30. The molecule has 1 aromatic heterocycles. The molecule has 0 aliphatic heterocycles. The van der Waals surface area contributed by atoms with Crippen molar-refractivity contribution in [2.45, 2.75) is 19.8 Å². The molecule has 4 nitrogen and oxygen atoms in total. The van der Waals surface area contributed by atoms with E-state index >= 15 is 0 Å². The molecule has 0 aromatic carbocycles. The van der Waals surface area contributed by atoms with Crippen LogP contribution in [-0.4, -0.2) is 23.1 Å². The summed E-state index contributed by atoms with van der Waals surface area (Å²) in [6.45, 7) is 3.77. The number of halogens is 1. The predicted octanol–water partition coefficient (Wildman–Crippen LogP) is 1.92. The average Bonchev–Trinajstić information content (AvgIpc) is 2.26. The highest BCUT2D eigenvalue weighted by atomic mass is 35.5. The Morgan fingerprint density at radius 3 is 2.73 bits per heavy atom. The molecule has 5 heteroatoms. The molecule has 0 spiro atoms. The van der Waals surface area contributed by atoms with E-state index in [0.717, 1.165) is 25.9 Å². The van der Waals surface area contributed by atoms with Crippen molar-refractivity contribution in [1.82, 2.24) is 9.97 Å². The lowest BCUT2D eigenvalue weighted by Gasteiger charge is -2.08. The lowest BCUT2D eigenvalue weighted by atomic mass is 10.1. The third-order valence-corrected chi connectivity index (χ3v) is 2.37. The fourth-order valence-electron chi connectivity index (χ4n) is 1.17. The lowest BCUT2D eigenvalue weighted by molar-refractivity contribution is 0.529. The molecule has 84 valence electrons. The van der Waals surface area contributed by atoms with Crippen LogP contribution in [0.1, 0.15) is 19.8 Å². The van der Waals surface area contributed by atoms with Crippen molar-refractivity contribution in [2.24, 2.45) is 11.7 Å². The first-order chi connectivity index (χ1) is 7.22. The first-order valence-corrected chi connectivity index (χ1v) is 5.51. The third kappa shape index (κ3) is 4.95. The second-order valence-electron chi connectivity index (χ2n) is 3.63. The number of hydrogen-bond acceptors (Lipinski definition) is 4. The molecule has 15 heavy (non-hydrogen) atoms. The maximum atomic E-state index is 5.67. The van der Waals surface area contributed by atoms with Gasteiger partial charge in [0.05, 0.1) is 17.4 Å². The topological polar surface area (TPSA) is 63.8 Å². The van der Waals surface area contributed by atoms with Crippen LogP contribution in [0.15, 0.2) is 12.4 Å². The Labute approximate surface area is 95.3 Å². The SMILES string of the molecule is CC(CN)CCCNc1ncc(Cl)cn1. The first-order valence-electron chi connectivity index (χ1n) is 5.14. The third-order valence-electron chi connectivity index (χ3n) is 2.18. The summed E-state index contributed by atoms with van der Waals surface area (Å²) in [7, 11) is 0. The maximum absolute atomic E-state index is 5.67. The zero-order valence-corrected chi connectivity index (χ0v) is 9.67. The Bertz CT molecular complexity index is 275. The largest absolute Gasteiger partial charge is 0.354 e. The van der Waals surface area contributed by atoms with Crippen LogP contribution in [0.3, 0.4) is 0 Å². The molecular formula is C10H17ClN4. The Morgan fingerprint density at radius 2 is 2.13 bits per heavy atom. The van der Waals surface area contributed by atoms with Gasteiger partial charge in [0.1, 0.15) is 0 Å². The standard InChI is InChI=1S/C10H17ClN4/c1-8(5-12)3-2-4-13-10-14-6-9(11)7-15-10/h6-8H,2-5,12H2,1H3,(H,13,14,15). The zero-order chi connectivity index (χ0) is 11.1. The first kappa shape index (κ1) is 12.2. The molecule has 1 atom stereocenters. The molecule has 0 amide bonds. The number of nitrogens with two attached hydrogens (primary N) is 1. The fourth-order valence-corrected chi connectivity index (χ4v) is 1.27. The number of anilines is 1. The van der Waals surface area contributed by atoms with Gasteiger partial charge in [-0.2, -0.15) is 0 Å². The van der Waals surface area contributed by atoms with Gasteiger partial charge in [0.25, 0.3) is 0 Å². The Balaban J connectivity index is 2.17. The van der Waals surface area contributed by atoms with Gasteiger partial charge in [-0.1, -0.05) is 18.5 Å². The summed E-state index contributed by atoms with van der Waals surface area (Å²) in [4.78, 5) is 8.07. The number of hydrogen-bond donors (Lipinski definition) is 2. The van der Waals surface area contributed by atoms with Crippen LogP contribution in [-0.2, 0) is 0 Å². The van der Waals surface area contributed by atoms with Crippen LogP contribution in [0.4, 0.5) is 5.95 Å². The van der Waals surface area contributed by atoms with Crippen molar-refractivity contribution in [2.75, 3.05) is 18.4 Å². The van der Waals surface area contributed by atoms with Gasteiger partial charge >= 0.3 is 0 Å². The molecule has 0 aliphatic rings. The second kappa shape index (κ2) is 6.58. The summed E-state index contributed by atoms with van der Waals surface area (Å²) in [6.07, 6.45) is 5.36. The van der Waals surface area contributed by atoms with Crippen molar-refractivity contribution in [3.63, 3.8) is 0 Å². The maximum Gasteiger partial charge on any atom is 0.222 e. The van der Waals surface area contributed by atoms with Crippen molar-refractivity contribution in [3.05, 3.63) is 17.4 Å². The minimum absolute atomic E-state index is 0.553. The second-order valence-corrected chi connectivity index (χ2v) is 4.07. The normalized spacial score (nSPS) is 12.5. The summed E-state index contributed by atoms with van der Waals surface area (Å²) in [6, 6.07) is 0. The quantitative estimate of drug-likeness (QED) is 0.731. The van der Waals surface area contributed by atoms with Gasteiger partial charge in [0.15, 0.2) is 0 Å². The zero-order valence-electron chi connectivity index (χ0n) is 8.91. The van der Waals surface area contributed by atoms with Gasteiger partial charge in [0.2, 0.25) is 5.95 Å². The van der Waals surface area contributed by atoms with Gasteiger partial charge in [-0.15, -0.1) is 0 Å². The van der Waals surface area contributed by atoms with Crippen molar-refractivity contribution >= 4 is 17.5 Å². The molecule has 1 unspecified atom stereocenters. The minimum Gasteiger partial charge on any atom is -0.354 e. The number of aromatic nitrogens is 2. The van der Waals surface area contributed by atoms with Gasteiger partial charge in [-0.3, -0.25) is 0 Å². The molecule has 0 fully saturated rings. The molecule has 0 saturated heterocycles. The molecule has 0 saturated carbocycles. The monoisotopic (exact) mass is 228 g/mol. The molecular weight excluding hydrogens is 212 g/mol. The van der Waals surface area contributed by atoms with E-state index < -0.39 is 0 Å². The Kier molecular flexibility index (Phi) is 5.36. The van der Waals surface area contributed by atoms with Crippen LogP contribution >= 0.6 is 11.6 Å². The molecule has 1 rings (SSSR count).